The highest BCUT2D eigenvalue weighted by Crippen LogP contribution is 2.20. The number of amides is 2. The van der Waals surface area contributed by atoms with Crippen LogP contribution in [0.4, 0.5) is 20.7 Å². The molecule has 0 aliphatic carbocycles. The van der Waals surface area contributed by atoms with Crippen LogP contribution in [0.15, 0.2) is 30.3 Å². The van der Waals surface area contributed by atoms with E-state index >= 15 is 0 Å². The Labute approximate surface area is 164 Å². The van der Waals surface area contributed by atoms with Gasteiger partial charge in [-0.25, -0.2) is 9.78 Å². The molecule has 0 bridgehead atoms. The number of rotatable bonds is 7. The summed E-state index contributed by atoms with van der Waals surface area (Å²) in [4.78, 5) is 27.9. The molecule has 2 rings (SSSR count). The summed E-state index contributed by atoms with van der Waals surface area (Å²) in [5, 5.41) is 12.7. The smallest absolute Gasteiger partial charge is 0.407 e. The lowest BCUT2D eigenvalue weighted by Gasteiger charge is -2.19. The fourth-order valence-electron chi connectivity index (χ4n) is 2.36. The molecule has 0 aliphatic heterocycles. The third-order valence-electron chi connectivity index (χ3n) is 3.56. The highest BCUT2D eigenvalue weighted by atomic mass is 35.5. The van der Waals surface area contributed by atoms with Gasteiger partial charge in [0, 0.05) is 29.6 Å². The SMILES string of the molecule is Nc1nc(F)ccc1NC(=O)CCCN(Cc1cc(Cl)cc(Cl)c1)C(=O)O. The summed E-state index contributed by atoms with van der Waals surface area (Å²) in [5.41, 5.74) is 6.37. The predicted octanol–water partition coefficient (Wildman–Crippen LogP) is 4.01. The van der Waals surface area contributed by atoms with Crippen LogP contribution in [0.5, 0.6) is 0 Å². The molecule has 10 heteroatoms. The molecule has 1 heterocycles. The number of benzene rings is 1. The lowest BCUT2D eigenvalue weighted by molar-refractivity contribution is -0.116. The van der Waals surface area contributed by atoms with Crippen molar-refractivity contribution < 1.29 is 19.1 Å². The van der Waals surface area contributed by atoms with Crippen LogP contribution in [0.3, 0.4) is 0 Å². The molecule has 0 spiro atoms. The summed E-state index contributed by atoms with van der Waals surface area (Å²) < 4.78 is 12.9. The molecule has 2 aromatic rings. The average molecular weight is 415 g/mol. The van der Waals surface area contributed by atoms with E-state index in [4.69, 9.17) is 28.9 Å². The first-order valence-electron chi connectivity index (χ1n) is 7.89. The lowest BCUT2D eigenvalue weighted by Crippen LogP contribution is -2.30. The van der Waals surface area contributed by atoms with Crippen LogP contribution >= 0.6 is 23.2 Å². The highest BCUT2D eigenvalue weighted by Gasteiger charge is 2.14. The van der Waals surface area contributed by atoms with E-state index < -0.39 is 12.0 Å². The molecule has 1 aromatic heterocycles. The van der Waals surface area contributed by atoms with Gasteiger partial charge in [0.15, 0.2) is 5.82 Å². The van der Waals surface area contributed by atoms with Crippen LogP contribution in [0.25, 0.3) is 0 Å². The number of nitrogens with one attached hydrogen (secondary N) is 1. The third kappa shape index (κ3) is 6.58. The molecule has 0 fully saturated rings. The summed E-state index contributed by atoms with van der Waals surface area (Å²) in [5.74, 6) is -1.26. The Bertz CT molecular complexity index is 831. The monoisotopic (exact) mass is 414 g/mol. The van der Waals surface area contributed by atoms with Crippen molar-refractivity contribution >= 4 is 46.7 Å². The Kier molecular flexibility index (Phi) is 7.20. The second-order valence-electron chi connectivity index (χ2n) is 5.70. The van der Waals surface area contributed by atoms with Gasteiger partial charge in [-0.15, -0.1) is 0 Å². The van der Waals surface area contributed by atoms with Crippen molar-refractivity contribution in [3.8, 4) is 0 Å². The number of carboxylic acid groups (broad SMARTS) is 1. The number of carbonyl (C=O) groups excluding carboxylic acids is 1. The molecule has 4 N–H and O–H groups in total. The maximum Gasteiger partial charge on any atom is 0.407 e. The van der Waals surface area contributed by atoms with Crippen LogP contribution < -0.4 is 11.1 Å². The number of pyridine rings is 1. The summed E-state index contributed by atoms with van der Waals surface area (Å²) >= 11 is 11.8. The van der Waals surface area contributed by atoms with Crippen LogP contribution in [-0.4, -0.2) is 33.5 Å². The molecule has 0 saturated carbocycles. The van der Waals surface area contributed by atoms with Crippen molar-refractivity contribution in [1.29, 1.82) is 0 Å². The van der Waals surface area contributed by atoms with Gasteiger partial charge in [0.1, 0.15) is 0 Å². The molecule has 0 aliphatic rings. The van der Waals surface area contributed by atoms with Crippen molar-refractivity contribution in [2.24, 2.45) is 0 Å². The van der Waals surface area contributed by atoms with Gasteiger partial charge in [0.2, 0.25) is 11.9 Å². The number of hydrogen-bond donors (Lipinski definition) is 3. The van der Waals surface area contributed by atoms with E-state index in [1.165, 1.54) is 6.07 Å². The summed E-state index contributed by atoms with van der Waals surface area (Å²) in [6.07, 6.45) is -0.795. The van der Waals surface area contributed by atoms with E-state index in [-0.39, 0.29) is 43.3 Å². The number of nitrogens with zero attached hydrogens (tertiary/aromatic N) is 2. The van der Waals surface area contributed by atoms with E-state index in [2.05, 4.69) is 10.3 Å². The Morgan fingerprint density at radius 3 is 2.48 bits per heavy atom. The molecular weight excluding hydrogens is 398 g/mol. The molecule has 7 nitrogen and oxygen atoms in total. The third-order valence-corrected chi connectivity index (χ3v) is 4.00. The van der Waals surface area contributed by atoms with Crippen LogP contribution in [0.2, 0.25) is 10.0 Å². The first-order valence-corrected chi connectivity index (χ1v) is 8.65. The number of carbonyl (C=O) groups is 2. The predicted molar refractivity (Wildman–Crippen MR) is 101 cm³/mol. The van der Waals surface area contributed by atoms with Gasteiger partial charge >= 0.3 is 6.09 Å². The Morgan fingerprint density at radius 1 is 1.22 bits per heavy atom. The van der Waals surface area contributed by atoms with Crippen LogP contribution in [0, 0.1) is 5.95 Å². The second kappa shape index (κ2) is 9.38. The molecule has 1 aromatic carbocycles. The first-order chi connectivity index (χ1) is 12.7. The molecule has 144 valence electrons. The average Bonchev–Trinajstić information content (AvgIpc) is 2.55. The number of anilines is 2. The van der Waals surface area contributed by atoms with Crippen LogP contribution in [0.1, 0.15) is 18.4 Å². The van der Waals surface area contributed by atoms with Crippen LogP contribution in [-0.2, 0) is 11.3 Å². The van der Waals surface area contributed by atoms with Gasteiger partial charge in [-0.2, -0.15) is 4.39 Å². The number of halogens is 3. The van der Waals surface area contributed by atoms with E-state index in [0.29, 0.717) is 15.6 Å². The van der Waals surface area contributed by atoms with E-state index in [1.807, 2.05) is 0 Å². The normalized spacial score (nSPS) is 10.5. The molecule has 27 heavy (non-hydrogen) atoms. The molecular formula is C17H17Cl2FN4O3. The highest BCUT2D eigenvalue weighted by molar-refractivity contribution is 6.34. The molecule has 0 saturated heterocycles. The number of nitrogen functional groups attached to an aromatic ring is 1. The van der Waals surface area contributed by atoms with Crippen molar-refractivity contribution in [3.63, 3.8) is 0 Å². The zero-order chi connectivity index (χ0) is 20.0. The fourth-order valence-corrected chi connectivity index (χ4v) is 2.94. The quantitative estimate of drug-likeness (QED) is 0.593. The molecule has 2 amide bonds. The van der Waals surface area contributed by atoms with Crippen molar-refractivity contribution in [1.82, 2.24) is 9.88 Å². The van der Waals surface area contributed by atoms with Gasteiger partial charge in [-0.05, 0) is 42.3 Å². The Balaban J connectivity index is 1.88. The van der Waals surface area contributed by atoms with Gasteiger partial charge in [-0.1, -0.05) is 23.2 Å². The van der Waals surface area contributed by atoms with Crippen molar-refractivity contribution in [3.05, 3.63) is 51.9 Å². The second-order valence-corrected chi connectivity index (χ2v) is 6.57. The lowest BCUT2D eigenvalue weighted by atomic mass is 10.2. The summed E-state index contributed by atoms with van der Waals surface area (Å²) in [6, 6.07) is 7.19. The minimum atomic E-state index is -1.13. The Morgan fingerprint density at radius 2 is 1.89 bits per heavy atom. The molecule has 0 atom stereocenters. The topological polar surface area (TPSA) is 109 Å². The zero-order valence-electron chi connectivity index (χ0n) is 14.1. The zero-order valence-corrected chi connectivity index (χ0v) is 15.6. The largest absolute Gasteiger partial charge is 0.465 e. The minimum absolute atomic E-state index is 0.0525. The van der Waals surface area contributed by atoms with Crippen molar-refractivity contribution in [2.75, 3.05) is 17.6 Å². The maximum atomic E-state index is 12.9. The number of hydrogen-bond acceptors (Lipinski definition) is 4. The fraction of sp³-hybridized carbons (Fsp3) is 0.235. The standard InChI is InChI=1S/C17H17Cl2FN4O3/c18-11-6-10(7-12(19)8-11)9-24(17(26)27)5-1-2-15(25)22-13-3-4-14(20)23-16(13)21/h3-4,6-8H,1-2,5,9H2,(H2,21,23)(H,22,25)(H,26,27). The summed E-state index contributed by atoms with van der Waals surface area (Å²) in [7, 11) is 0. The van der Waals surface area contributed by atoms with E-state index in [9.17, 15) is 19.1 Å². The van der Waals surface area contributed by atoms with E-state index in [0.717, 1.165) is 11.0 Å². The summed E-state index contributed by atoms with van der Waals surface area (Å²) in [6.45, 7) is 0.218. The first kappa shape index (κ1) is 20.7. The Hall–Kier alpha value is -2.58. The van der Waals surface area contributed by atoms with Gasteiger partial charge in [-0.3, -0.25) is 4.79 Å². The molecule has 0 unspecified atom stereocenters. The minimum Gasteiger partial charge on any atom is -0.465 e. The van der Waals surface area contributed by atoms with Gasteiger partial charge in [0.05, 0.1) is 5.69 Å². The van der Waals surface area contributed by atoms with Gasteiger partial charge in [0.25, 0.3) is 0 Å². The van der Waals surface area contributed by atoms with E-state index in [1.54, 1.807) is 18.2 Å². The molecule has 0 radical (unpaired) electrons. The number of aromatic nitrogens is 1. The maximum absolute atomic E-state index is 12.9. The van der Waals surface area contributed by atoms with Gasteiger partial charge < -0.3 is 21.1 Å². The number of nitrogens with two attached hydrogens (primary N) is 1. The van der Waals surface area contributed by atoms with Crippen molar-refractivity contribution in [2.45, 2.75) is 19.4 Å².